The number of carbonyl (C=O) groups is 2. The first kappa shape index (κ1) is 17.8. The average molecular weight is 309 g/mol. The van der Waals surface area contributed by atoms with Crippen molar-refractivity contribution in [2.45, 2.75) is 58.2 Å². The third kappa shape index (κ3) is 5.21. The Morgan fingerprint density at radius 1 is 1.24 bits per heavy atom. The van der Waals surface area contributed by atoms with Gasteiger partial charge in [-0.2, -0.15) is 13.2 Å². The number of hydrogen-bond donors (Lipinski definition) is 2. The van der Waals surface area contributed by atoms with Gasteiger partial charge < -0.3 is 10.4 Å². The van der Waals surface area contributed by atoms with Crippen LogP contribution in [-0.2, 0) is 9.59 Å². The molecule has 1 fully saturated rings. The lowest BCUT2D eigenvalue weighted by Crippen LogP contribution is -2.48. The Morgan fingerprint density at radius 3 is 2.29 bits per heavy atom. The standard InChI is InChI=1S/C14H22F3NO3/c1-8(2)7-11(13(20)21)18-12(19)9-5-3-4-6-10(9)14(15,16)17/h8-11H,3-7H2,1-2H3,(H,18,19)(H,20,21). The topological polar surface area (TPSA) is 66.4 Å². The third-order valence-corrected chi connectivity index (χ3v) is 3.84. The molecule has 0 aromatic rings. The van der Waals surface area contributed by atoms with Gasteiger partial charge in [0.25, 0.3) is 0 Å². The molecule has 0 radical (unpaired) electrons. The van der Waals surface area contributed by atoms with E-state index in [4.69, 9.17) is 5.11 Å². The summed E-state index contributed by atoms with van der Waals surface area (Å²) in [6, 6.07) is -1.13. The van der Waals surface area contributed by atoms with Crippen LogP contribution in [0.3, 0.4) is 0 Å². The summed E-state index contributed by atoms with van der Waals surface area (Å²) >= 11 is 0. The van der Waals surface area contributed by atoms with E-state index in [1.54, 1.807) is 13.8 Å². The Labute approximate surface area is 122 Å². The fraction of sp³-hybridized carbons (Fsp3) is 0.857. The number of carbonyl (C=O) groups excluding carboxylic acids is 1. The number of alkyl halides is 3. The van der Waals surface area contributed by atoms with Crippen molar-refractivity contribution >= 4 is 11.9 Å². The van der Waals surface area contributed by atoms with Crippen LogP contribution < -0.4 is 5.32 Å². The van der Waals surface area contributed by atoms with Crippen molar-refractivity contribution in [1.82, 2.24) is 5.32 Å². The summed E-state index contributed by atoms with van der Waals surface area (Å²) in [5.74, 6) is -4.81. The highest BCUT2D eigenvalue weighted by molar-refractivity contribution is 5.85. The van der Waals surface area contributed by atoms with Gasteiger partial charge in [0.15, 0.2) is 0 Å². The summed E-state index contributed by atoms with van der Waals surface area (Å²) in [6.45, 7) is 3.59. The van der Waals surface area contributed by atoms with E-state index in [2.05, 4.69) is 5.32 Å². The van der Waals surface area contributed by atoms with E-state index in [-0.39, 0.29) is 25.2 Å². The Morgan fingerprint density at radius 2 is 1.81 bits per heavy atom. The molecule has 4 nitrogen and oxygen atoms in total. The number of rotatable bonds is 5. The van der Waals surface area contributed by atoms with Crippen molar-refractivity contribution in [3.8, 4) is 0 Å². The molecule has 0 saturated heterocycles. The zero-order chi connectivity index (χ0) is 16.2. The minimum Gasteiger partial charge on any atom is -0.480 e. The predicted octanol–water partition coefficient (Wildman–Crippen LogP) is 2.97. The van der Waals surface area contributed by atoms with Crippen LogP contribution in [0.2, 0.25) is 0 Å². The van der Waals surface area contributed by atoms with E-state index in [0.29, 0.717) is 12.8 Å². The average Bonchev–Trinajstić information content (AvgIpc) is 2.36. The van der Waals surface area contributed by atoms with E-state index >= 15 is 0 Å². The Bertz CT molecular complexity index is 382. The molecule has 1 saturated carbocycles. The van der Waals surface area contributed by atoms with Crippen molar-refractivity contribution in [3.63, 3.8) is 0 Å². The van der Waals surface area contributed by atoms with Crippen LogP contribution in [0, 0.1) is 17.8 Å². The lowest BCUT2D eigenvalue weighted by atomic mass is 9.78. The van der Waals surface area contributed by atoms with Crippen LogP contribution in [0.5, 0.6) is 0 Å². The molecular formula is C14H22F3NO3. The molecule has 0 heterocycles. The summed E-state index contributed by atoms with van der Waals surface area (Å²) in [5.41, 5.74) is 0. The van der Waals surface area contributed by atoms with E-state index in [0.717, 1.165) is 0 Å². The van der Waals surface area contributed by atoms with Crippen molar-refractivity contribution in [2.75, 3.05) is 0 Å². The van der Waals surface area contributed by atoms with Crippen molar-refractivity contribution < 1.29 is 27.9 Å². The molecule has 0 aliphatic heterocycles. The van der Waals surface area contributed by atoms with Gasteiger partial charge in [-0.15, -0.1) is 0 Å². The van der Waals surface area contributed by atoms with Gasteiger partial charge in [0, 0.05) is 5.92 Å². The molecule has 2 N–H and O–H groups in total. The maximum Gasteiger partial charge on any atom is 0.392 e. The molecule has 0 aromatic heterocycles. The molecule has 0 spiro atoms. The molecule has 0 bridgehead atoms. The smallest absolute Gasteiger partial charge is 0.392 e. The summed E-state index contributed by atoms with van der Waals surface area (Å²) in [5, 5.41) is 11.3. The van der Waals surface area contributed by atoms with Crippen LogP contribution in [0.15, 0.2) is 0 Å². The van der Waals surface area contributed by atoms with E-state index in [9.17, 15) is 22.8 Å². The van der Waals surface area contributed by atoms with Gasteiger partial charge in [-0.05, 0) is 25.2 Å². The third-order valence-electron chi connectivity index (χ3n) is 3.84. The number of amides is 1. The lowest BCUT2D eigenvalue weighted by molar-refractivity contribution is -0.198. The number of carboxylic acid groups (broad SMARTS) is 1. The van der Waals surface area contributed by atoms with Gasteiger partial charge in [-0.1, -0.05) is 26.7 Å². The quantitative estimate of drug-likeness (QED) is 0.820. The van der Waals surface area contributed by atoms with Gasteiger partial charge in [0.05, 0.1) is 5.92 Å². The molecule has 7 heteroatoms. The number of aliphatic carboxylic acids is 1. The minimum atomic E-state index is -4.42. The van der Waals surface area contributed by atoms with Crippen LogP contribution in [0.4, 0.5) is 13.2 Å². The van der Waals surface area contributed by atoms with E-state index < -0.39 is 35.9 Å². The SMILES string of the molecule is CC(C)CC(NC(=O)C1CCCCC1C(F)(F)F)C(=O)O. The first-order valence-electron chi connectivity index (χ1n) is 7.22. The second-order valence-corrected chi connectivity index (χ2v) is 6.07. The normalized spacial score (nSPS) is 24.7. The van der Waals surface area contributed by atoms with E-state index in [1.807, 2.05) is 0 Å². The number of carboxylic acids is 1. The molecule has 21 heavy (non-hydrogen) atoms. The van der Waals surface area contributed by atoms with Crippen molar-refractivity contribution in [3.05, 3.63) is 0 Å². The number of hydrogen-bond acceptors (Lipinski definition) is 2. The second-order valence-electron chi connectivity index (χ2n) is 6.07. The van der Waals surface area contributed by atoms with Gasteiger partial charge in [0.2, 0.25) is 5.91 Å². The van der Waals surface area contributed by atoms with Crippen LogP contribution in [-0.4, -0.2) is 29.2 Å². The first-order valence-corrected chi connectivity index (χ1v) is 7.22. The predicted molar refractivity (Wildman–Crippen MR) is 70.5 cm³/mol. The van der Waals surface area contributed by atoms with Gasteiger partial charge in [-0.3, -0.25) is 4.79 Å². The van der Waals surface area contributed by atoms with Crippen LogP contribution in [0.25, 0.3) is 0 Å². The van der Waals surface area contributed by atoms with Crippen LogP contribution >= 0.6 is 0 Å². The largest absolute Gasteiger partial charge is 0.480 e. The van der Waals surface area contributed by atoms with Gasteiger partial charge in [-0.25, -0.2) is 4.79 Å². The lowest BCUT2D eigenvalue weighted by Gasteiger charge is -2.32. The number of halogens is 3. The highest BCUT2D eigenvalue weighted by Gasteiger charge is 2.48. The Kier molecular flexibility index (Phi) is 6.04. The Hall–Kier alpha value is -1.27. The van der Waals surface area contributed by atoms with Gasteiger partial charge >= 0.3 is 12.1 Å². The van der Waals surface area contributed by atoms with Crippen molar-refractivity contribution in [2.24, 2.45) is 17.8 Å². The zero-order valence-electron chi connectivity index (χ0n) is 12.2. The second kappa shape index (κ2) is 7.13. The summed E-state index contributed by atoms with van der Waals surface area (Å²) in [7, 11) is 0. The highest BCUT2D eigenvalue weighted by atomic mass is 19.4. The maximum atomic E-state index is 13.0. The molecule has 1 amide bonds. The summed E-state index contributed by atoms with van der Waals surface area (Å²) < 4.78 is 38.9. The molecular weight excluding hydrogens is 287 g/mol. The van der Waals surface area contributed by atoms with Crippen LogP contribution in [0.1, 0.15) is 46.0 Å². The fourth-order valence-corrected chi connectivity index (χ4v) is 2.81. The molecule has 3 unspecified atom stereocenters. The minimum absolute atomic E-state index is 0.0242. The summed E-state index contributed by atoms with van der Waals surface area (Å²) in [4.78, 5) is 23.2. The summed E-state index contributed by atoms with van der Waals surface area (Å²) in [6.07, 6.45) is -3.12. The highest BCUT2D eigenvalue weighted by Crippen LogP contribution is 2.41. The molecule has 1 aliphatic carbocycles. The molecule has 122 valence electrons. The molecule has 0 aromatic carbocycles. The number of nitrogens with one attached hydrogen (secondary N) is 1. The molecule has 1 aliphatic rings. The molecule has 1 rings (SSSR count). The fourth-order valence-electron chi connectivity index (χ4n) is 2.81. The molecule has 3 atom stereocenters. The van der Waals surface area contributed by atoms with Crippen molar-refractivity contribution in [1.29, 1.82) is 0 Å². The van der Waals surface area contributed by atoms with E-state index in [1.165, 1.54) is 0 Å². The first-order chi connectivity index (χ1) is 9.62. The monoisotopic (exact) mass is 309 g/mol. The Balaban J connectivity index is 2.77. The zero-order valence-corrected chi connectivity index (χ0v) is 12.2. The maximum absolute atomic E-state index is 13.0. The van der Waals surface area contributed by atoms with Gasteiger partial charge in [0.1, 0.15) is 6.04 Å².